The number of imide groups is 1. The lowest BCUT2D eigenvalue weighted by atomic mass is 10.1. The summed E-state index contributed by atoms with van der Waals surface area (Å²) in [5.74, 6) is -0.680. The molecular formula is C13H14N2O3S. The van der Waals surface area contributed by atoms with E-state index in [0.717, 1.165) is 17.7 Å². The standard InChI is InChI=1S/C13H14N2O3S/c16-11-7-10(13(18)14-11)15(8-3-4-8)12(17)6-9-2-1-5-19-9/h1-2,5,8,10H,3-4,6-7H2,(H,14,16,18)/t10-/m1/s1. The molecular weight excluding hydrogens is 264 g/mol. The van der Waals surface area contributed by atoms with Crippen molar-refractivity contribution in [1.82, 2.24) is 10.2 Å². The van der Waals surface area contributed by atoms with Crippen molar-refractivity contribution >= 4 is 29.1 Å². The van der Waals surface area contributed by atoms with Gasteiger partial charge in [-0.15, -0.1) is 11.3 Å². The van der Waals surface area contributed by atoms with Gasteiger partial charge in [-0.2, -0.15) is 0 Å². The molecule has 0 unspecified atom stereocenters. The molecule has 1 aromatic rings. The lowest BCUT2D eigenvalue weighted by molar-refractivity contribution is -0.139. The van der Waals surface area contributed by atoms with Crippen molar-refractivity contribution in [3.63, 3.8) is 0 Å². The molecule has 2 heterocycles. The second-order valence-electron chi connectivity index (χ2n) is 4.92. The van der Waals surface area contributed by atoms with Crippen molar-refractivity contribution in [3.05, 3.63) is 22.4 Å². The maximum atomic E-state index is 12.4. The Hall–Kier alpha value is -1.69. The van der Waals surface area contributed by atoms with Crippen LogP contribution in [-0.4, -0.2) is 34.7 Å². The van der Waals surface area contributed by atoms with Crippen molar-refractivity contribution in [2.24, 2.45) is 0 Å². The molecule has 1 aliphatic heterocycles. The van der Waals surface area contributed by atoms with E-state index in [9.17, 15) is 14.4 Å². The quantitative estimate of drug-likeness (QED) is 0.824. The summed E-state index contributed by atoms with van der Waals surface area (Å²) in [4.78, 5) is 38.0. The summed E-state index contributed by atoms with van der Waals surface area (Å²) in [6.07, 6.45) is 2.26. The van der Waals surface area contributed by atoms with Gasteiger partial charge >= 0.3 is 0 Å². The summed E-state index contributed by atoms with van der Waals surface area (Å²) >= 11 is 1.53. The number of amides is 3. The highest BCUT2D eigenvalue weighted by atomic mass is 32.1. The Bertz CT molecular complexity index is 522. The third kappa shape index (κ3) is 2.53. The maximum absolute atomic E-state index is 12.4. The van der Waals surface area contributed by atoms with Gasteiger partial charge in [-0.3, -0.25) is 19.7 Å². The van der Waals surface area contributed by atoms with E-state index in [0.29, 0.717) is 6.42 Å². The predicted octanol–water partition coefficient (Wildman–Crippen LogP) is 0.697. The third-order valence-electron chi connectivity index (χ3n) is 3.41. The van der Waals surface area contributed by atoms with Crippen LogP contribution in [0, 0.1) is 0 Å². The Labute approximate surface area is 114 Å². The summed E-state index contributed by atoms with van der Waals surface area (Å²) < 4.78 is 0. The molecule has 2 aliphatic rings. The molecule has 100 valence electrons. The van der Waals surface area contributed by atoms with Gasteiger partial charge in [0.15, 0.2) is 0 Å². The van der Waals surface area contributed by atoms with Crippen LogP contribution >= 0.6 is 11.3 Å². The van der Waals surface area contributed by atoms with Gasteiger partial charge in [0.1, 0.15) is 6.04 Å². The van der Waals surface area contributed by atoms with Crippen LogP contribution in [0.4, 0.5) is 0 Å². The van der Waals surface area contributed by atoms with Gasteiger partial charge in [0.05, 0.1) is 12.8 Å². The first-order valence-electron chi connectivity index (χ1n) is 6.32. The number of carbonyl (C=O) groups is 3. The molecule has 19 heavy (non-hydrogen) atoms. The fraction of sp³-hybridized carbons (Fsp3) is 0.462. The van der Waals surface area contributed by atoms with Crippen molar-refractivity contribution in [2.75, 3.05) is 0 Å². The van der Waals surface area contributed by atoms with E-state index in [4.69, 9.17) is 0 Å². The van der Waals surface area contributed by atoms with Crippen molar-refractivity contribution < 1.29 is 14.4 Å². The van der Waals surface area contributed by atoms with Crippen LogP contribution in [0.1, 0.15) is 24.1 Å². The Kier molecular flexibility index (Phi) is 3.10. The molecule has 1 aromatic heterocycles. The zero-order valence-corrected chi connectivity index (χ0v) is 11.1. The van der Waals surface area contributed by atoms with Crippen LogP contribution in [0.25, 0.3) is 0 Å². The van der Waals surface area contributed by atoms with Gasteiger partial charge in [-0.05, 0) is 24.3 Å². The topological polar surface area (TPSA) is 66.5 Å². The molecule has 1 aliphatic carbocycles. The number of nitrogens with zero attached hydrogens (tertiary/aromatic N) is 1. The molecule has 1 atom stereocenters. The third-order valence-corrected chi connectivity index (χ3v) is 4.29. The fourth-order valence-corrected chi connectivity index (χ4v) is 3.10. The van der Waals surface area contributed by atoms with Crippen molar-refractivity contribution in [2.45, 2.75) is 37.8 Å². The Morgan fingerprint density at radius 2 is 2.21 bits per heavy atom. The molecule has 3 rings (SSSR count). The summed E-state index contributed by atoms with van der Waals surface area (Å²) in [6.45, 7) is 0. The molecule has 1 saturated heterocycles. The molecule has 6 heteroatoms. The first-order valence-corrected chi connectivity index (χ1v) is 7.20. The van der Waals surface area contributed by atoms with Crippen LogP contribution in [0.5, 0.6) is 0 Å². The Balaban J connectivity index is 1.75. The number of nitrogens with one attached hydrogen (secondary N) is 1. The van der Waals surface area contributed by atoms with Crippen molar-refractivity contribution in [3.8, 4) is 0 Å². The average molecular weight is 278 g/mol. The van der Waals surface area contributed by atoms with Gasteiger partial charge in [0.2, 0.25) is 17.7 Å². The largest absolute Gasteiger partial charge is 0.327 e. The molecule has 1 N–H and O–H groups in total. The minimum Gasteiger partial charge on any atom is -0.327 e. The van der Waals surface area contributed by atoms with E-state index in [1.165, 1.54) is 11.3 Å². The lowest BCUT2D eigenvalue weighted by Gasteiger charge is -2.26. The van der Waals surface area contributed by atoms with Crippen LogP contribution in [-0.2, 0) is 20.8 Å². The molecule has 5 nitrogen and oxygen atoms in total. The van der Waals surface area contributed by atoms with Gasteiger partial charge in [-0.1, -0.05) is 6.07 Å². The van der Waals surface area contributed by atoms with Crippen LogP contribution < -0.4 is 5.32 Å². The van der Waals surface area contributed by atoms with E-state index in [2.05, 4.69) is 5.32 Å². The monoisotopic (exact) mass is 278 g/mol. The zero-order valence-electron chi connectivity index (χ0n) is 10.3. The highest BCUT2D eigenvalue weighted by molar-refractivity contribution is 7.10. The highest BCUT2D eigenvalue weighted by Crippen LogP contribution is 2.31. The van der Waals surface area contributed by atoms with Crippen LogP contribution in [0.3, 0.4) is 0 Å². The molecule has 3 amide bonds. The number of thiophene rings is 1. The minimum atomic E-state index is -0.604. The van der Waals surface area contributed by atoms with Crippen LogP contribution in [0.2, 0.25) is 0 Å². The SMILES string of the molecule is O=C1C[C@@H](N(C(=O)Cc2cccs2)C2CC2)C(=O)N1. The van der Waals surface area contributed by atoms with Gasteiger partial charge in [0, 0.05) is 10.9 Å². The van der Waals surface area contributed by atoms with E-state index in [1.54, 1.807) is 4.90 Å². The molecule has 0 spiro atoms. The summed E-state index contributed by atoms with van der Waals surface area (Å²) in [7, 11) is 0. The number of rotatable bonds is 4. The van der Waals surface area contributed by atoms with Gasteiger partial charge in [-0.25, -0.2) is 0 Å². The molecule has 0 radical (unpaired) electrons. The van der Waals surface area contributed by atoms with Crippen molar-refractivity contribution in [1.29, 1.82) is 0 Å². The van der Waals surface area contributed by atoms with E-state index < -0.39 is 6.04 Å². The zero-order chi connectivity index (χ0) is 13.4. The fourth-order valence-electron chi connectivity index (χ4n) is 2.40. The van der Waals surface area contributed by atoms with E-state index in [1.807, 2.05) is 17.5 Å². The Morgan fingerprint density at radius 1 is 1.42 bits per heavy atom. The number of hydrogen-bond acceptors (Lipinski definition) is 4. The van der Waals surface area contributed by atoms with Gasteiger partial charge in [0.25, 0.3) is 0 Å². The summed E-state index contributed by atoms with van der Waals surface area (Å²) in [5.41, 5.74) is 0. The second-order valence-corrected chi connectivity index (χ2v) is 5.95. The van der Waals surface area contributed by atoms with Gasteiger partial charge < -0.3 is 4.90 Å². The Morgan fingerprint density at radius 3 is 2.74 bits per heavy atom. The number of hydrogen-bond donors (Lipinski definition) is 1. The molecule has 0 bridgehead atoms. The predicted molar refractivity (Wildman–Crippen MR) is 69.4 cm³/mol. The molecule has 0 aromatic carbocycles. The minimum absolute atomic E-state index is 0.0557. The lowest BCUT2D eigenvalue weighted by Crippen LogP contribution is -2.46. The molecule has 2 fully saturated rings. The average Bonchev–Trinajstić information content (AvgIpc) is 2.94. The normalized spacial score (nSPS) is 22.4. The van der Waals surface area contributed by atoms with E-state index >= 15 is 0 Å². The smallest absolute Gasteiger partial charge is 0.249 e. The number of carbonyl (C=O) groups excluding carboxylic acids is 3. The summed E-state index contributed by atoms with van der Waals surface area (Å²) in [6, 6.07) is 3.34. The maximum Gasteiger partial charge on any atom is 0.249 e. The van der Waals surface area contributed by atoms with E-state index in [-0.39, 0.29) is 30.2 Å². The van der Waals surface area contributed by atoms with Crippen LogP contribution in [0.15, 0.2) is 17.5 Å². The summed E-state index contributed by atoms with van der Waals surface area (Å²) in [5, 5.41) is 4.20. The second kappa shape index (κ2) is 4.77. The molecule has 1 saturated carbocycles. The first kappa shape index (κ1) is 12.3. The first-order chi connectivity index (χ1) is 9.15. The highest BCUT2D eigenvalue weighted by Gasteiger charge is 2.44.